The van der Waals surface area contributed by atoms with Crippen molar-refractivity contribution in [3.63, 3.8) is 0 Å². The van der Waals surface area contributed by atoms with Crippen molar-refractivity contribution in [1.29, 1.82) is 0 Å². The predicted octanol–water partition coefficient (Wildman–Crippen LogP) is -2.39. The summed E-state index contributed by atoms with van der Waals surface area (Å²) in [4.78, 5) is 62.9. The van der Waals surface area contributed by atoms with Gasteiger partial charge < -0.3 is 29.6 Å². The molecule has 124 valence electrons. The van der Waals surface area contributed by atoms with Crippen LogP contribution in [0.2, 0.25) is 0 Å². The molecule has 0 saturated heterocycles. The number of aliphatic hydroxyl groups is 1. The Kier molecular flexibility index (Phi) is 8.36. The monoisotopic (exact) mass is 354 g/mol. The van der Waals surface area contributed by atoms with Crippen molar-refractivity contribution >= 4 is 27.9 Å². The van der Waals surface area contributed by atoms with Gasteiger partial charge in [-0.3, -0.25) is 18.6 Å². The number of carbonyl (C=O) groups is 2. The van der Waals surface area contributed by atoms with Crippen molar-refractivity contribution in [2.24, 2.45) is 0 Å². The lowest BCUT2D eigenvalue weighted by Gasteiger charge is -2.19. The molecule has 0 aliphatic rings. The zero-order chi connectivity index (χ0) is 16.7. The van der Waals surface area contributed by atoms with E-state index in [-0.39, 0.29) is 6.47 Å². The normalized spacial score (nSPS) is 15.3. The molecule has 0 heterocycles. The summed E-state index contributed by atoms with van der Waals surface area (Å²) in [6.07, 6.45) is -4.07. The third kappa shape index (κ3) is 10.6. The summed E-state index contributed by atoms with van der Waals surface area (Å²) < 4.78 is 28.5. The maximum atomic E-state index is 11.5. The van der Waals surface area contributed by atoms with Crippen molar-refractivity contribution in [3.05, 3.63) is 0 Å². The van der Waals surface area contributed by atoms with Crippen LogP contribution in [0.5, 0.6) is 0 Å². The molecule has 13 nitrogen and oxygen atoms in total. The summed E-state index contributed by atoms with van der Waals surface area (Å²) in [6, 6.07) is 0. The summed E-state index contributed by atoms with van der Waals surface area (Å²) >= 11 is 0. The van der Waals surface area contributed by atoms with Crippen LogP contribution >= 0.6 is 15.6 Å². The number of phosphoric acid groups is 2. The van der Waals surface area contributed by atoms with Gasteiger partial charge in [0.05, 0.1) is 6.61 Å². The van der Waals surface area contributed by atoms with Crippen molar-refractivity contribution in [3.8, 4) is 0 Å². The second-order valence-corrected chi connectivity index (χ2v) is 5.77. The lowest BCUT2D eigenvalue weighted by Crippen LogP contribution is -2.41. The van der Waals surface area contributed by atoms with Gasteiger partial charge in [0, 0.05) is 0 Å². The molecule has 0 aliphatic heterocycles. The van der Waals surface area contributed by atoms with Gasteiger partial charge in [-0.15, -0.1) is 0 Å². The van der Waals surface area contributed by atoms with Gasteiger partial charge in [0.15, 0.2) is 11.9 Å². The topological polar surface area (TPSA) is 206 Å². The quantitative estimate of drug-likeness (QED) is 0.114. The molecule has 2 atom stereocenters. The van der Waals surface area contributed by atoms with Crippen molar-refractivity contribution in [2.45, 2.75) is 12.2 Å². The van der Waals surface area contributed by atoms with Crippen molar-refractivity contribution < 1.29 is 62.2 Å². The fraction of sp³-hybridized carbons (Fsp3) is 0.667. The Balaban J connectivity index is 4.68. The first-order valence-electron chi connectivity index (χ1n) is 4.83. The van der Waals surface area contributed by atoms with E-state index in [0.29, 0.717) is 0 Å². The third-order valence-electron chi connectivity index (χ3n) is 1.65. The molecule has 0 aliphatic carbocycles. The molecule has 5 N–H and O–H groups in total. The molecule has 0 spiro atoms. The molecule has 0 rings (SSSR count). The highest BCUT2D eigenvalue weighted by Crippen LogP contribution is 2.36. The van der Waals surface area contributed by atoms with Gasteiger partial charge in [-0.25, -0.2) is 9.13 Å². The van der Waals surface area contributed by atoms with Gasteiger partial charge in [-0.05, 0) is 0 Å². The lowest BCUT2D eigenvalue weighted by molar-refractivity contribution is -0.294. The third-order valence-corrected chi connectivity index (χ3v) is 2.60. The average Bonchev–Trinajstić information content (AvgIpc) is 2.32. The molecule has 0 aromatic rings. The van der Waals surface area contributed by atoms with Gasteiger partial charge in [-0.1, -0.05) is 0 Å². The SMILES string of the molecule is O=COO[C@@H](C(=O)COP(=O)(O)O)[C@H](O)COP(=O)(O)O. The minimum Gasteiger partial charge on any atom is -0.387 e. The van der Waals surface area contributed by atoms with Gasteiger partial charge in [0.25, 0.3) is 0 Å². The Bertz CT molecular complexity index is 436. The first-order chi connectivity index (χ1) is 9.46. The average molecular weight is 354 g/mol. The van der Waals surface area contributed by atoms with Gasteiger partial charge in [0.2, 0.25) is 0 Å². The maximum absolute atomic E-state index is 11.5. The van der Waals surface area contributed by atoms with E-state index >= 15 is 0 Å². The number of Topliss-reactive ketones (excluding diaryl/α,β-unsaturated/α-hetero) is 1. The van der Waals surface area contributed by atoms with Crippen LogP contribution in [0.15, 0.2) is 0 Å². The Labute approximate surface area is 116 Å². The van der Waals surface area contributed by atoms with Gasteiger partial charge in [0.1, 0.15) is 12.7 Å². The smallest absolute Gasteiger partial charge is 0.387 e. The van der Waals surface area contributed by atoms with Crippen LogP contribution in [0.3, 0.4) is 0 Å². The van der Waals surface area contributed by atoms with Crippen LogP contribution < -0.4 is 0 Å². The predicted molar refractivity (Wildman–Crippen MR) is 59.0 cm³/mol. The van der Waals surface area contributed by atoms with E-state index in [0.717, 1.165) is 0 Å². The molecule has 0 unspecified atom stereocenters. The summed E-state index contributed by atoms with van der Waals surface area (Å²) in [6.45, 7) is -2.61. The Morgan fingerprint density at radius 1 is 1.10 bits per heavy atom. The first-order valence-corrected chi connectivity index (χ1v) is 7.89. The number of rotatable bonds is 11. The molecule has 0 radical (unpaired) electrons. The highest BCUT2D eigenvalue weighted by Gasteiger charge is 2.33. The minimum atomic E-state index is -4.98. The summed E-state index contributed by atoms with van der Waals surface area (Å²) in [7, 11) is -9.93. The largest absolute Gasteiger partial charge is 0.470 e. The maximum Gasteiger partial charge on any atom is 0.470 e. The van der Waals surface area contributed by atoms with E-state index in [1.807, 2.05) is 0 Å². The second kappa shape index (κ2) is 8.66. The van der Waals surface area contributed by atoms with E-state index < -0.39 is 46.9 Å². The fourth-order valence-corrected chi connectivity index (χ4v) is 1.55. The van der Waals surface area contributed by atoms with E-state index in [2.05, 4.69) is 18.8 Å². The fourth-order valence-electron chi connectivity index (χ4n) is 0.906. The first kappa shape index (κ1) is 20.3. The molecule has 0 fully saturated rings. The zero-order valence-corrected chi connectivity index (χ0v) is 11.8. The molecule has 0 amide bonds. The molecule has 0 aromatic carbocycles. The van der Waals surface area contributed by atoms with Crippen LogP contribution in [0.1, 0.15) is 0 Å². The molecule has 0 aromatic heterocycles. The molecule has 15 heteroatoms. The van der Waals surface area contributed by atoms with E-state index in [1.54, 1.807) is 0 Å². The molecular formula is C6H12O13P2. The Morgan fingerprint density at radius 3 is 2.05 bits per heavy atom. The number of hydrogen-bond donors (Lipinski definition) is 5. The second-order valence-electron chi connectivity index (χ2n) is 3.29. The van der Waals surface area contributed by atoms with Crippen LogP contribution in [-0.2, 0) is 37.5 Å². The minimum absolute atomic E-state index is 0.277. The molecule has 0 saturated carbocycles. The Hall–Kier alpha value is -0.720. The van der Waals surface area contributed by atoms with Crippen LogP contribution in [0, 0.1) is 0 Å². The summed E-state index contributed by atoms with van der Waals surface area (Å²) in [5, 5.41) is 9.44. The van der Waals surface area contributed by atoms with Crippen LogP contribution in [0.25, 0.3) is 0 Å². The molecule has 21 heavy (non-hydrogen) atoms. The van der Waals surface area contributed by atoms with Gasteiger partial charge >= 0.3 is 22.1 Å². The van der Waals surface area contributed by atoms with Crippen LogP contribution in [-0.4, -0.2) is 62.4 Å². The van der Waals surface area contributed by atoms with Crippen LogP contribution in [0.4, 0.5) is 0 Å². The van der Waals surface area contributed by atoms with Crippen molar-refractivity contribution in [1.82, 2.24) is 0 Å². The molecule has 0 bridgehead atoms. The number of hydrogen-bond acceptors (Lipinski definition) is 9. The zero-order valence-electron chi connectivity index (χ0n) is 10.0. The highest BCUT2D eigenvalue weighted by atomic mass is 31.2. The van der Waals surface area contributed by atoms with Crippen molar-refractivity contribution in [2.75, 3.05) is 13.2 Å². The number of carbonyl (C=O) groups excluding carboxylic acids is 2. The summed E-state index contributed by atoms with van der Waals surface area (Å²) in [5.41, 5.74) is 0. The van der Waals surface area contributed by atoms with E-state index in [1.165, 1.54) is 0 Å². The Morgan fingerprint density at radius 2 is 1.62 bits per heavy atom. The number of phosphoric ester groups is 2. The molecular weight excluding hydrogens is 342 g/mol. The number of aliphatic hydroxyl groups excluding tert-OH is 1. The lowest BCUT2D eigenvalue weighted by atomic mass is 10.1. The highest BCUT2D eigenvalue weighted by molar-refractivity contribution is 7.46. The summed E-state index contributed by atoms with van der Waals surface area (Å²) in [5.74, 6) is -1.29. The van der Waals surface area contributed by atoms with E-state index in [4.69, 9.17) is 19.6 Å². The number of ketones is 1. The standard InChI is InChI=1S/C6H12O13P2/c7-3-16-19-6(4(8)1-17-20(10,11)12)5(9)2-18-21(13,14)15/h3-4,6,8H,1-2H2,(H2,10,11,12)(H2,13,14,15)/t4-,6-/m1/s1. The van der Waals surface area contributed by atoms with Gasteiger partial charge in [-0.2, -0.15) is 4.89 Å². The van der Waals surface area contributed by atoms with E-state index in [9.17, 15) is 23.8 Å².